The number of hydrogen-bond acceptors (Lipinski definition) is 6. The average Bonchev–Trinajstić information content (AvgIpc) is 3.14. The van der Waals surface area contributed by atoms with Gasteiger partial charge in [0.2, 0.25) is 11.8 Å². The Morgan fingerprint density at radius 3 is 2.61 bits per heavy atom. The first-order chi connectivity index (χ1) is 14.7. The molecule has 2 atom stereocenters. The van der Waals surface area contributed by atoms with E-state index in [1.54, 1.807) is 9.80 Å². The Hall–Kier alpha value is -2.65. The smallest absolute Gasteiger partial charge is 0.414 e. The maximum absolute atomic E-state index is 12.8. The SMILES string of the molecule is CCNC(=O)CN1CC(c2ccc3c(c2)N(C(=O)OC(C)C)C[C@H](C)N3C(C)=O)CN1. The molecule has 9 heteroatoms. The summed E-state index contributed by atoms with van der Waals surface area (Å²) in [5.74, 6) is 0.0802. The van der Waals surface area contributed by atoms with E-state index in [4.69, 9.17) is 4.74 Å². The van der Waals surface area contributed by atoms with Crippen LogP contribution >= 0.6 is 0 Å². The molecular formula is C22H33N5O4. The first-order valence-electron chi connectivity index (χ1n) is 10.9. The molecule has 2 aliphatic heterocycles. The minimum atomic E-state index is -0.411. The van der Waals surface area contributed by atoms with Gasteiger partial charge < -0.3 is 15.0 Å². The van der Waals surface area contributed by atoms with Crippen LogP contribution in [0.15, 0.2) is 18.2 Å². The van der Waals surface area contributed by atoms with Gasteiger partial charge in [-0.1, -0.05) is 6.07 Å². The second-order valence-electron chi connectivity index (χ2n) is 8.42. The van der Waals surface area contributed by atoms with Crippen LogP contribution in [0.1, 0.15) is 46.1 Å². The van der Waals surface area contributed by atoms with Gasteiger partial charge in [-0.05, 0) is 45.4 Å². The number of fused-ring (bicyclic) bond motifs is 1. The van der Waals surface area contributed by atoms with Crippen molar-refractivity contribution in [2.45, 2.75) is 52.7 Å². The number of amides is 3. The Kier molecular flexibility index (Phi) is 7.17. The van der Waals surface area contributed by atoms with Crippen LogP contribution in [-0.4, -0.2) is 67.8 Å². The van der Waals surface area contributed by atoms with Gasteiger partial charge in [0.15, 0.2) is 0 Å². The summed E-state index contributed by atoms with van der Waals surface area (Å²) >= 11 is 0. The van der Waals surface area contributed by atoms with Crippen LogP contribution in [0.3, 0.4) is 0 Å². The predicted octanol–water partition coefficient (Wildman–Crippen LogP) is 1.83. The number of nitrogens with one attached hydrogen (secondary N) is 2. The molecule has 1 aromatic rings. The van der Waals surface area contributed by atoms with Gasteiger partial charge in [-0.25, -0.2) is 9.80 Å². The highest BCUT2D eigenvalue weighted by atomic mass is 16.6. The molecule has 0 aromatic heterocycles. The molecule has 0 saturated carbocycles. The topological polar surface area (TPSA) is 94.2 Å². The lowest BCUT2D eigenvalue weighted by atomic mass is 9.97. The summed E-state index contributed by atoms with van der Waals surface area (Å²) < 4.78 is 5.46. The van der Waals surface area contributed by atoms with Crippen molar-refractivity contribution in [3.63, 3.8) is 0 Å². The lowest BCUT2D eigenvalue weighted by Crippen LogP contribution is -2.51. The fraction of sp³-hybridized carbons (Fsp3) is 0.591. The third kappa shape index (κ3) is 5.16. The Bertz CT molecular complexity index is 843. The highest BCUT2D eigenvalue weighted by molar-refractivity contribution is 6.02. The third-order valence-corrected chi connectivity index (χ3v) is 5.52. The standard InChI is InChI=1S/C22H33N5O4/c1-6-23-21(29)13-25-12-18(10-24-25)17-7-8-19-20(9-17)26(22(30)31-14(2)3)11-15(4)27(19)16(5)28/h7-9,14-15,18,24H,6,10-13H2,1-5H3,(H,23,29)/t15-,18?/m0/s1. The second kappa shape index (κ2) is 9.65. The van der Waals surface area contributed by atoms with Crippen molar-refractivity contribution in [2.75, 3.05) is 42.5 Å². The highest BCUT2D eigenvalue weighted by Crippen LogP contribution is 2.38. The van der Waals surface area contributed by atoms with Crippen LogP contribution in [0.25, 0.3) is 0 Å². The lowest BCUT2D eigenvalue weighted by molar-refractivity contribution is -0.122. The van der Waals surface area contributed by atoms with Crippen molar-refractivity contribution in [2.24, 2.45) is 0 Å². The normalized spacial score (nSPS) is 21.2. The Labute approximate surface area is 183 Å². The van der Waals surface area contributed by atoms with Crippen molar-refractivity contribution in [1.82, 2.24) is 15.8 Å². The molecule has 1 aromatic carbocycles. The fourth-order valence-electron chi connectivity index (χ4n) is 4.22. The highest BCUT2D eigenvalue weighted by Gasteiger charge is 2.35. The molecular weight excluding hydrogens is 398 g/mol. The number of carbonyl (C=O) groups excluding carboxylic acids is 3. The van der Waals surface area contributed by atoms with Gasteiger partial charge in [0, 0.05) is 39.0 Å². The van der Waals surface area contributed by atoms with Crippen LogP contribution in [0, 0.1) is 0 Å². The molecule has 1 unspecified atom stereocenters. The van der Waals surface area contributed by atoms with E-state index in [1.165, 1.54) is 6.92 Å². The van der Waals surface area contributed by atoms with Gasteiger partial charge in [0.1, 0.15) is 0 Å². The first-order valence-corrected chi connectivity index (χ1v) is 10.9. The Balaban J connectivity index is 1.86. The Morgan fingerprint density at radius 2 is 1.97 bits per heavy atom. The summed E-state index contributed by atoms with van der Waals surface area (Å²) in [7, 11) is 0. The molecule has 1 saturated heterocycles. The minimum absolute atomic E-state index is 0.0187. The molecule has 0 spiro atoms. The fourth-order valence-corrected chi connectivity index (χ4v) is 4.22. The van der Waals surface area contributed by atoms with E-state index in [2.05, 4.69) is 10.7 Å². The first kappa shape index (κ1) is 23.0. The van der Waals surface area contributed by atoms with Crippen LogP contribution in [0.2, 0.25) is 0 Å². The summed E-state index contributed by atoms with van der Waals surface area (Å²) in [5.41, 5.74) is 5.71. The molecule has 2 heterocycles. The number of hydrazine groups is 1. The van der Waals surface area contributed by atoms with E-state index < -0.39 is 6.09 Å². The summed E-state index contributed by atoms with van der Waals surface area (Å²) in [6, 6.07) is 5.72. The molecule has 0 aliphatic carbocycles. The summed E-state index contributed by atoms with van der Waals surface area (Å²) in [6.45, 7) is 11.6. The maximum Gasteiger partial charge on any atom is 0.414 e. The maximum atomic E-state index is 12.8. The molecule has 170 valence electrons. The molecule has 1 fully saturated rings. The van der Waals surface area contributed by atoms with Crippen LogP contribution < -0.4 is 20.5 Å². The number of carbonyl (C=O) groups is 3. The van der Waals surface area contributed by atoms with Gasteiger partial charge in [-0.3, -0.25) is 19.9 Å². The van der Waals surface area contributed by atoms with Gasteiger partial charge in [0.25, 0.3) is 0 Å². The zero-order valence-corrected chi connectivity index (χ0v) is 19.0. The molecule has 3 rings (SSSR count). The van der Waals surface area contributed by atoms with Crippen LogP contribution in [-0.2, 0) is 14.3 Å². The van der Waals surface area contributed by atoms with Crippen molar-refractivity contribution >= 4 is 29.3 Å². The largest absolute Gasteiger partial charge is 0.446 e. The second-order valence-corrected chi connectivity index (χ2v) is 8.42. The average molecular weight is 432 g/mol. The molecule has 2 N–H and O–H groups in total. The summed E-state index contributed by atoms with van der Waals surface area (Å²) in [4.78, 5) is 40.3. The van der Waals surface area contributed by atoms with Crippen molar-refractivity contribution in [1.29, 1.82) is 0 Å². The summed E-state index contributed by atoms with van der Waals surface area (Å²) in [6.07, 6.45) is -0.645. The summed E-state index contributed by atoms with van der Waals surface area (Å²) in [5, 5.41) is 4.71. The van der Waals surface area contributed by atoms with E-state index in [-0.39, 0.29) is 36.4 Å². The molecule has 0 radical (unpaired) electrons. The number of benzene rings is 1. The van der Waals surface area contributed by atoms with Gasteiger partial charge >= 0.3 is 6.09 Å². The molecule has 9 nitrogen and oxygen atoms in total. The molecule has 2 aliphatic rings. The van der Waals surface area contributed by atoms with Gasteiger partial charge in [0.05, 0.1) is 30.1 Å². The van der Waals surface area contributed by atoms with Crippen LogP contribution in [0.4, 0.5) is 16.2 Å². The van der Waals surface area contributed by atoms with E-state index in [1.807, 2.05) is 50.9 Å². The lowest BCUT2D eigenvalue weighted by Gasteiger charge is -2.40. The van der Waals surface area contributed by atoms with Crippen molar-refractivity contribution in [3.8, 4) is 0 Å². The monoisotopic (exact) mass is 431 g/mol. The van der Waals surface area contributed by atoms with Crippen molar-refractivity contribution < 1.29 is 19.1 Å². The predicted molar refractivity (Wildman–Crippen MR) is 119 cm³/mol. The third-order valence-electron chi connectivity index (χ3n) is 5.52. The van der Waals surface area contributed by atoms with E-state index >= 15 is 0 Å². The van der Waals surface area contributed by atoms with Gasteiger partial charge in [-0.2, -0.15) is 0 Å². The van der Waals surface area contributed by atoms with E-state index in [9.17, 15) is 14.4 Å². The van der Waals surface area contributed by atoms with E-state index in [0.29, 0.717) is 37.6 Å². The van der Waals surface area contributed by atoms with Crippen molar-refractivity contribution in [3.05, 3.63) is 23.8 Å². The molecule has 31 heavy (non-hydrogen) atoms. The molecule has 0 bridgehead atoms. The minimum Gasteiger partial charge on any atom is -0.446 e. The number of anilines is 2. The van der Waals surface area contributed by atoms with Crippen LogP contribution in [0.5, 0.6) is 0 Å². The number of rotatable bonds is 5. The number of likely N-dealkylation sites (N-methyl/N-ethyl adjacent to an activating group) is 1. The number of nitrogens with zero attached hydrogens (tertiary/aromatic N) is 3. The quantitative estimate of drug-likeness (QED) is 0.739. The Morgan fingerprint density at radius 1 is 1.23 bits per heavy atom. The van der Waals surface area contributed by atoms with E-state index in [0.717, 1.165) is 5.56 Å². The molecule has 3 amide bonds. The zero-order valence-electron chi connectivity index (χ0n) is 19.0. The number of ether oxygens (including phenoxy) is 1. The number of hydrogen-bond donors (Lipinski definition) is 2. The van der Waals surface area contributed by atoms with Gasteiger partial charge in [-0.15, -0.1) is 0 Å². The zero-order chi connectivity index (χ0) is 22.7.